The van der Waals surface area contributed by atoms with Crippen molar-refractivity contribution in [2.45, 2.75) is 6.92 Å². The first kappa shape index (κ1) is 6.01. The zero-order valence-electron chi connectivity index (χ0n) is 4.31. The van der Waals surface area contributed by atoms with Crippen LogP contribution in [0.5, 0.6) is 0 Å². The molecule has 0 aromatic rings. The number of hydrogen-bond donors (Lipinski definition) is 2. The fourth-order valence-corrected chi connectivity index (χ4v) is 0.147. The Hall–Kier alpha value is -0.990. The maximum absolute atomic E-state index is 5.12. The van der Waals surface area contributed by atoms with Crippen LogP contribution in [0.3, 0.4) is 0 Å². The molecular formula is C4H9N3. The molecular weight excluding hydrogens is 90.1 g/mol. The molecule has 0 atom stereocenters. The third-order valence-corrected chi connectivity index (χ3v) is 0.332. The highest BCUT2D eigenvalue weighted by molar-refractivity contribution is 5.77. The maximum atomic E-state index is 5.12. The molecule has 0 bridgehead atoms. The predicted molar refractivity (Wildman–Crippen MR) is 30.6 cm³/mol. The summed E-state index contributed by atoms with van der Waals surface area (Å²) in [5.41, 5.74) is 7.59. The summed E-state index contributed by atoms with van der Waals surface area (Å²) in [6.45, 7) is 5.05. The Morgan fingerprint density at radius 1 is 2.00 bits per heavy atom. The largest absolute Gasteiger partial charge is 0.386 e. The summed E-state index contributed by atoms with van der Waals surface area (Å²) in [7, 11) is 0. The SMILES string of the molecule is C=CN/N=C(\C)N. The van der Waals surface area contributed by atoms with Crippen LogP contribution in [0.15, 0.2) is 17.9 Å². The van der Waals surface area contributed by atoms with Crippen molar-refractivity contribution < 1.29 is 0 Å². The summed E-state index contributed by atoms with van der Waals surface area (Å²) >= 11 is 0. The lowest BCUT2D eigenvalue weighted by atomic mass is 10.7. The van der Waals surface area contributed by atoms with Crippen LogP contribution in [0.25, 0.3) is 0 Å². The Morgan fingerprint density at radius 3 is 2.71 bits per heavy atom. The molecule has 3 heteroatoms. The summed E-state index contributed by atoms with van der Waals surface area (Å²) < 4.78 is 0. The van der Waals surface area contributed by atoms with Gasteiger partial charge < -0.3 is 5.73 Å². The van der Waals surface area contributed by atoms with Gasteiger partial charge in [0.05, 0.1) is 0 Å². The molecule has 3 nitrogen and oxygen atoms in total. The van der Waals surface area contributed by atoms with Crippen LogP contribution < -0.4 is 11.2 Å². The molecule has 0 saturated carbocycles. The van der Waals surface area contributed by atoms with Gasteiger partial charge in [0, 0.05) is 6.20 Å². The van der Waals surface area contributed by atoms with Gasteiger partial charge in [-0.3, -0.25) is 5.43 Å². The Bertz CT molecular complexity index is 80.9. The Morgan fingerprint density at radius 2 is 2.57 bits per heavy atom. The van der Waals surface area contributed by atoms with Crippen LogP contribution in [0.4, 0.5) is 0 Å². The highest BCUT2D eigenvalue weighted by Crippen LogP contribution is 1.58. The highest BCUT2D eigenvalue weighted by Gasteiger charge is 1.68. The number of hydrogen-bond acceptors (Lipinski definition) is 2. The minimum atomic E-state index is 0.500. The summed E-state index contributed by atoms with van der Waals surface area (Å²) in [5.74, 6) is 0.500. The molecule has 0 radical (unpaired) electrons. The highest BCUT2D eigenvalue weighted by atomic mass is 15.3. The monoisotopic (exact) mass is 99.1 g/mol. The lowest BCUT2D eigenvalue weighted by Crippen LogP contribution is -2.09. The summed E-state index contributed by atoms with van der Waals surface area (Å²) in [4.78, 5) is 0. The fourth-order valence-electron chi connectivity index (χ4n) is 0.147. The summed E-state index contributed by atoms with van der Waals surface area (Å²) in [5, 5.41) is 3.57. The predicted octanol–water partition coefficient (Wildman–Crippen LogP) is 0.0116. The molecule has 0 rings (SSSR count). The van der Waals surface area contributed by atoms with E-state index in [0.29, 0.717) is 5.84 Å². The van der Waals surface area contributed by atoms with Gasteiger partial charge in [0.2, 0.25) is 0 Å². The third-order valence-electron chi connectivity index (χ3n) is 0.332. The van der Waals surface area contributed by atoms with Crippen LogP contribution in [-0.2, 0) is 0 Å². The van der Waals surface area contributed by atoms with Gasteiger partial charge in [-0.2, -0.15) is 5.10 Å². The van der Waals surface area contributed by atoms with Gasteiger partial charge in [0.1, 0.15) is 5.84 Å². The second-order valence-electron chi connectivity index (χ2n) is 1.09. The molecule has 0 spiro atoms. The van der Waals surface area contributed by atoms with Crippen molar-refractivity contribution in [3.05, 3.63) is 12.8 Å². The van der Waals surface area contributed by atoms with Gasteiger partial charge in [-0.1, -0.05) is 6.58 Å². The summed E-state index contributed by atoms with van der Waals surface area (Å²) in [6, 6.07) is 0. The van der Waals surface area contributed by atoms with E-state index in [0.717, 1.165) is 0 Å². The van der Waals surface area contributed by atoms with Crippen LogP contribution in [0.2, 0.25) is 0 Å². The second-order valence-corrected chi connectivity index (χ2v) is 1.09. The average molecular weight is 99.1 g/mol. The molecule has 3 N–H and O–H groups in total. The second kappa shape index (κ2) is 3.21. The van der Waals surface area contributed by atoms with Crippen molar-refractivity contribution in [2.24, 2.45) is 10.8 Å². The molecule has 0 unspecified atom stereocenters. The van der Waals surface area contributed by atoms with E-state index in [2.05, 4.69) is 17.1 Å². The van der Waals surface area contributed by atoms with Crippen LogP contribution >= 0.6 is 0 Å². The smallest absolute Gasteiger partial charge is 0.116 e. The van der Waals surface area contributed by atoms with Crippen LogP contribution in [0, 0.1) is 0 Å². The van der Waals surface area contributed by atoms with Gasteiger partial charge in [0.25, 0.3) is 0 Å². The molecule has 0 amide bonds. The zero-order valence-corrected chi connectivity index (χ0v) is 4.31. The number of amidine groups is 1. The molecule has 0 aliphatic heterocycles. The first-order chi connectivity index (χ1) is 3.27. The van der Waals surface area contributed by atoms with Gasteiger partial charge in [-0.25, -0.2) is 0 Å². The Balaban J connectivity index is 3.25. The first-order valence-electron chi connectivity index (χ1n) is 1.93. The minimum Gasteiger partial charge on any atom is -0.386 e. The minimum absolute atomic E-state index is 0.500. The molecule has 7 heavy (non-hydrogen) atoms. The molecule has 0 aliphatic carbocycles. The number of nitrogens with two attached hydrogens (primary N) is 1. The van der Waals surface area contributed by atoms with Crippen molar-refractivity contribution in [2.75, 3.05) is 0 Å². The van der Waals surface area contributed by atoms with E-state index in [1.54, 1.807) is 6.92 Å². The Labute approximate surface area is 42.9 Å². The standard InChI is InChI=1S/C4H9N3/c1-3-6-7-4(2)5/h3,6H,1H2,2H3,(H2,5,7). The van der Waals surface area contributed by atoms with Gasteiger partial charge in [0.15, 0.2) is 0 Å². The molecule has 0 fully saturated rings. The molecule has 0 heterocycles. The molecule has 40 valence electrons. The van der Waals surface area contributed by atoms with Crippen LogP contribution in [-0.4, -0.2) is 5.84 Å². The molecule has 0 aliphatic rings. The van der Waals surface area contributed by atoms with Crippen molar-refractivity contribution in [3.63, 3.8) is 0 Å². The normalized spacial score (nSPS) is 10.7. The number of hydrazone groups is 1. The maximum Gasteiger partial charge on any atom is 0.116 e. The van der Waals surface area contributed by atoms with E-state index in [-0.39, 0.29) is 0 Å². The van der Waals surface area contributed by atoms with Crippen molar-refractivity contribution >= 4 is 5.84 Å². The Kier molecular flexibility index (Phi) is 2.76. The molecule has 0 aromatic heterocycles. The van der Waals surface area contributed by atoms with Gasteiger partial charge in [-0.15, -0.1) is 0 Å². The van der Waals surface area contributed by atoms with E-state index in [1.807, 2.05) is 0 Å². The van der Waals surface area contributed by atoms with Crippen molar-refractivity contribution in [1.29, 1.82) is 0 Å². The average Bonchev–Trinajstić information content (AvgIpc) is 1.61. The number of nitrogens with zero attached hydrogens (tertiary/aromatic N) is 1. The van der Waals surface area contributed by atoms with E-state index < -0.39 is 0 Å². The molecule has 0 saturated heterocycles. The lowest BCUT2D eigenvalue weighted by Gasteiger charge is -1.86. The quantitative estimate of drug-likeness (QED) is 0.291. The number of rotatable bonds is 2. The van der Waals surface area contributed by atoms with E-state index in [4.69, 9.17) is 5.73 Å². The van der Waals surface area contributed by atoms with E-state index >= 15 is 0 Å². The lowest BCUT2D eigenvalue weighted by molar-refractivity contribution is 0.964. The number of nitrogens with one attached hydrogen (secondary N) is 1. The van der Waals surface area contributed by atoms with E-state index in [1.165, 1.54) is 6.20 Å². The van der Waals surface area contributed by atoms with E-state index in [9.17, 15) is 0 Å². The zero-order chi connectivity index (χ0) is 5.70. The summed E-state index contributed by atoms with van der Waals surface area (Å²) in [6.07, 6.45) is 1.45. The fraction of sp³-hybridized carbons (Fsp3) is 0.250. The van der Waals surface area contributed by atoms with Crippen molar-refractivity contribution in [1.82, 2.24) is 5.43 Å². The van der Waals surface area contributed by atoms with Crippen LogP contribution in [0.1, 0.15) is 6.92 Å². The first-order valence-corrected chi connectivity index (χ1v) is 1.93. The third kappa shape index (κ3) is 5.01. The van der Waals surface area contributed by atoms with Crippen molar-refractivity contribution in [3.8, 4) is 0 Å². The van der Waals surface area contributed by atoms with Gasteiger partial charge >= 0.3 is 0 Å². The molecule has 0 aromatic carbocycles. The topological polar surface area (TPSA) is 50.4 Å². The van der Waals surface area contributed by atoms with Gasteiger partial charge in [-0.05, 0) is 6.92 Å².